The predicted molar refractivity (Wildman–Crippen MR) is 100 cm³/mol. The van der Waals surface area contributed by atoms with Gasteiger partial charge in [0, 0.05) is 0 Å². The number of amides is 1. The van der Waals surface area contributed by atoms with E-state index in [9.17, 15) is 4.79 Å². The summed E-state index contributed by atoms with van der Waals surface area (Å²) in [5, 5.41) is 2.79. The van der Waals surface area contributed by atoms with Gasteiger partial charge < -0.3 is 19.5 Å². The fourth-order valence-corrected chi connectivity index (χ4v) is 3.00. The standard InChI is InChI=1S/C21H25NO4/c1-2-24-18-8-10-19(11-9-18)25-13-12-22-21(23)15-26-20-7-6-16-4-3-5-17(16)14-20/h6-11,14H,2-5,12-13,15H2,1H3,(H,22,23). The van der Waals surface area contributed by atoms with E-state index in [-0.39, 0.29) is 12.5 Å². The molecule has 2 aromatic carbocycles. The fraction of sp³-hybridized carbons (Fsp3) is 0.381. The largest absolute Gasteiger partial charge is 0.494 e. The second kappa shape index (κ2) is 9.13. The minimum Gasteiger partial charge on any atom is -0.494 e. The topological polar surface area (TPSA) is 56.8 Å². The van der Waals surface area contributed by atoms with Crippen LogP contribution in [0.4, 0.5) is 0 Å². The SMILES string of the molecule is CCOc1ccc(OCCNC(=O)COc2ccc3c(c2)CCC3)cc1. The van der Waals surface area contributed by atoms with Gasteiger partial charge in [-0.25, -0.2) is 0 Å². The van der Waals surface area contributed by atoms with E-state index in [1.54, 1.807) is 0 Å². The Kier molecular flexibility index (Phi) is 6.36. The highest BCUT2D eigenvalue weighted by molar-refractivity contribution is 5.77. The van der Waals surface area contributed by atoms with Crippen molar-refractivity contribution in [1.82, 2.24) is 5.32 Å². The summed E-state index contributed by atoms with van der Waals surface area (Å²) in [5.74, 6) is 2.17. The fourth-order valence-electron chi connectivity index (χ4n) is 3.00. The number of fused-ring (bicyclic) bond motifs is 1. The monoisotopic (exact) mass is 355 g/mol. The molecule has 0 saturated heterocycles. The number of ether oxygens (including phenoxy) is 3. The molecule has 0 radical (unpaired) electrons. The molecule has 0 aliphatic heterocycles. The summed E-state index contributed by atoms with van der Waals surface area (Å²) >= 11 is 0. The third-order valence-electron chi connectivity index (χ3n) is 4.27. The van der Waals surface area contributed by atoms with E-state index in [0.717, 1.165) is 30.1 Å². The minimum atomic E-state index is -0.152. The van der Waals surface area contributed by atoms with Crippen molar-refractivity contribution in [3.63, 3.8) is 0 Å². The van der Waals surface area contributed by atoms with E-state index in [4.69, 9.17) is 14.2 Å². The molecule has 138 valence electrons. The van der Waals surface area contributed by atoms with Crippen LogP contribution in [0.15, 0.2) is 42.5 Å². The number of rotatable bonds is 9. The maximum absolute atomic E-state index is 11.9. The molecule has 0 fully saturated rings. The highest BCUT2D eigenvalue weighted by Gasteiger charge is 2.11. The van der Waals surface area contributed by atoms with E-state index < -0.39 is 0 Å². The molecule has 5 heteroatoms. The zero-order chi connectivity index (χ0) is 18.2. The number of aryl methyl sites for hydroxylation is 2. The van der Waals surface area contributed by atoms with Crippen LogP contribution in [0.3, 0.4) is 0 Å². The van der Waals surface area contributed by atoms with Crippen LogP contribution in [0.25, 0.3) is 0 Å². The molecule has 1 amide bonds. The van der Waals surface area contributed by atoms with Crippen LogP contribution >= 0.6 is 0 Å². The normalized spacial score (nSPS) is 12.3. The third kappa shape index (κ3) is 5.15. The van der Waals surface area contributed by atoms with Gasteiger partial charge in [0.2, 0.25) is 0 Å². The zero-order valence-electron chi connectivity index (χ0n) is 15.1. The van der Waals surface area contributed by atoms with Crippen LogP contribution in [0.5, 0.6) is 17.2 Å². The molecule has 2 aromatic rings. The summed E-state index contributed by atoms with van der Waals surface area (Å²) in [5.41, 5.74) is 2.74. The lowest BCUT2D eigenvalue weighted by Gasteiger charge is -2.10. The Morgan fingerprint density at radius 3 is 2.38 bits per heavy atom. The average Bonchev–Trinajstić information content (AvgIpc) is 3.13. The van der Waals surface area contributed by atoms with Gasteiger partial charge in [0.25, 0.3) is 5.91 Å². The maximum Gasteiger partial charge on any atom is 0.258 e. The van der Waals surface area contributed by atoms with Crippen molar-refractivity contribution in [3.8, 4) is 17.2 Å². The van der Waals surface area contributed by atoms with Gasteiger partial charge in [-0.15, -0.1) is 0 Å². The van der Waals surface area contributed by atoms with Gasteiger partial charge in [-0.2, -0.15) is 0 Å². The van der Waals surface area contributed by atoms with Gasteiger partial charge >= 0.3 is 0 Å². The van der Waals surface area contributed by atoms with Crippen molar-refractivity contribution in [3.05, 3.63) is 53.6 Å². The van der Waals surface area contributed by atoms with Crippen molar-refractivity contribution in [1.29, 1.82) is 0 Å². The second-order valence-corrected chi connectivity index (χ2v) is 6.18. The third-order valence-corrected chi connectivity index (χ3v) is 4.27. The lowest BCUT2D eigenvalue weighted by atomic mass is 10.1. The van der Waals surface area contributed by atoms with Gasteiger partial charge in [0.15, 0.2) is 6.61 Å². The molecular formula is C21H25NO4. The molecule has 26 heavy (non-hydrogen) atoms. The highest BCUT2D eigenvalue weighted by atomic mass is 16.5. The van der Waals surface area contributed by atoms with Crippen LogP contribution in [-0.2, 0) is 17.6 Å². The first-order valence-corrected chi connectivity index (χ1v) is 9.11. The predicted octanol–water partition coefficient (Wildman–Crippen LogP) is 3.15. The first-order chi connectivity index (χ1) is 12.7. The molecule has 0 saturated carbocycles. The van der Waals surface area contributed by atoms with Crippen LogP contribution in [0.1, 0.15) is 24.5 Å². The average molecular weight is 355 g/mol. The van der Waals surface area contributed by atoms with Gasteiger partial charge in [-0.05, 0) is 73.7 Å². The molecule has 0 atom stereocenters. The quantitative estimate of drug-likeness (QED) is 0.702. The molecule has 3 rings (SSSR count). The summed E-state index contributed by atoms with van der Waals surface area (Å²) in [4.78, 5) is 11.9. The number of nitrogens with one attached hydrogen (secondary N) is 1. The Balaban J connectivity index is 1.33. The summed E-state index contributed by atoms with van der Waals surface area (Å²) < 4.78 is 16.5. The summed E-state index contributed by atoms with van der Waals surface area (Å²) in [7, 11) is 0. The summed E-state index contributed by atoms with van der Waals surface area (Å²) in [6, 6.07) is 13.5. The Morgan fingerprint density at radius 1 is 0.923 bits per heavy atom. The molecule has 0 spiro atoms. The van der Waals surface area contributed by atoms with Crippen molar-refractivity contribution >= 4 is 5.91 Å². The van der Waals surface area contributed by atoms with Crippen molar-refractivity contribution in [2.24, 2.45) is 0 Å². The van der Waals surface area contributed by atoms with Gasteiger partial charge in [0.1, 0.15) is 23.9 Å². The molecule has 1 N–H and O–H groups in total. The van der Waals surface area contributed by atoms with Gasteiger partial charge in [-0.1, -0.05) is 6.07 Å². The Hall–Kier alpha value is -2.69. The number of carbonyl (C=O) groups is 1. The summed E-state index contributed by atoms with van der Waals surface area (Å²) in [6.07, 6.45) is 3.44. The van der Waals surface area contributed by atoms with Crippen LogP contribution in [0.2, 0.25) is 0 Å². The molecule has 0 heterocycles. The Bertz CT molecular complexity index is 727. The van der Waals surface area contributed by atoms with Gasteiger partial charge in [-0.3, -0.25) is 4.79 Å². The molecule has 0 aromatic heterocycles. The number of hydrogen-bond donors (Lipinski definition) is 1. The van der Waals surface area contributed by atoms with E-state index in [2.05, 4.69) is 11.4 Å². The minimum absolute atomic E-state index is 0.0157. The van der Waals surface area contributed by atoms with E-state index >= 15 is 0 Å². The number of benzene rings is 2. The summed E-state index contributed by atoms with van der Waals surface area (Å²) in [6.45, 7) is 3.43. The van der Waals surface area contributed by atoms with Crippen LogP contribution < -0.4 is 19.5 Å². The molecular weight excluding hydrogens is 330 g/mol. The molecule has 0 unspecified atom stereocenters. The van der Waals surface area contributed by atoms with Crippen LogP contribution in [0, 0.1) is 0 Å². The Labute approximate surface area is 154 Å². The lowest BCUT2D eigenvalue weighted by Crippen LogP contribution is -2.32. The molecule has 0 bridgehead atoms. The van der Waals surface area contributed by atoms with Gasteiger partial charge in [0.05, 0.1) is 13.2 Å². The number of hydrogen-bond acceptors (Lipinski definition) is 4. The zero-order valence-corrected chi connectivity index (χ0v) is 15.1. The molecule has 5 nitrogen and oxygen atoms in total. The molecule has 1 aliphatic carbocycles. The lowest BCUT2D eigenvalue weighted by molar-refractivity contribution is -0.123. The molecule has 1 aliphatic rings. The highest BCUT2D eigenvalue weighted by Crippen LogP contribution is 2.25. The van der Waals surface area contributed by atoms with Crippen molar-refractivity contribution in [2.45, 2.75) is 26.2 Å². The van der Waals surface area contributed by atoms with E-state index in [1.165, 1.54) is 17.5 Å². The number of carbonyl (C=O) groups excluding carboxylic acids is 1. The van der Waals surface area contributed by atoms with E-state index in [1.807, 2.05) is 43.3 Å². The first-order valence-electron chi connectivity index (χ1n) is 9.11. The smallest absolute Gasteiger partial charge is 0.258 e. The van der Waals surface area contributed by atoms with E-state index in [0.29, 0.717) is 19.8 Å². The van der Waals surface area contributed by atoms with Crippen molar-refractivity contribution < 1.29 is 19.0 Å². The van der Waals surface area contributed by atoms with Crippen LogP contribution in [-0.4, -0.2) is 32.3 Å². The van der Waals surface area contributed by atoms with Crippen molar-refractivity contribution in [2.75, 3.05) is 26.4 Å². The maximum atomic E-state index is 11.9. The second-order valence-electron chi connectivity index (χ2n) is 6.18. The first kappa shape index (κ1) is 18.1. The Morgan fingerprint density at radius 2 is 1.62 bits per heavy atom.